The molecular formula is C16H25NO2. The minimum absolute atomic E-state index is 0.361. The Hall–Kier alpha value is -1.35. The van der Waals surface area contributed by atoms with Crippen molar-refractivity contribution in [2.75, 3.05) is 13.1 Å². The highest BCUT2D eigenvalue weighted by Crippen LogP contribution is 2.12. The van der Waals surface area contributed by atoms with Crippen molar-refractivity contribution in [2.24, 2.45) is 0 Å². The van der Waals surface area contributed by atoms with Crippen LogP contribution in [0.1, 0.15) is 38.7 Å². The molecule has 1 unspecified atom stereocenters. The number of hydrogen-bond acceptors (Lipinski definition) is 2. The zero-order valence-corrected chi connectivity index (χ0v) is 12.0. The highest BCUT2D eigenvalue weighted by atomic mass is 16.4. The first-order valence-corrected chi connectivity index (χ1v) is 7.19. The minimum atomic E-state index is -0.696. The van der Waals surface area contributed by atoms with E-state index in [1.165, 1.54) is 5.56 Å². The molecule has 1 rings (SSSR count). The molecule has 0 spiro atoms. The maximum Gasteiger partial charge on any atom is 0.320 e. The predicted octanol–water partition coefficient (Wildman–Crippen LogP) is 3.19. The van der Waals surface area contributed by atoms with Crippen LogP contribution in [-0.2, 0) is 11.2 Å². The van der Waals surface area contributed by atoms with Crippen molar-refractivity contribution >= 4 is 5.97 Å². The smallest absolute Gasteiger partial charge is 0.320 e. The third-order valence-electron chi connectivity index (χ3n) is 3.30. The van der Waals surface area contributed by atoms with Crippen molar-refractivity contribution in [1.29, 1.82) is 0 Å². The Labute approximate surface area is 116 Å². The molecular weight excluding hydrogens is 238 g/mol. The molecule has 19 heavy (non-hydrogen) atoms. The van der Waals surface area contributed by atoms with Crippen molar-refractivity contribution in [3.8, 4) is 0 Å². The Kier molecular flexibility index (Phi) is 7.19. The molecule has 0 heterocycles. The van der Waals surface area contributed by atoms with Gasteiger partial charge >= 0.3 is 5.97 Å². The number of carboxylic acid groups (broad SMARTS) is 1. The predicted molar refractivity (Wildman–Crippen MR) is 78.3 cm³/mol. The molecule has 0 aliphatic heterocycles. The molecule has 0 radical (unpaired) electrons. The van der Waals surface area contributed by atoms with Crippen LogP contribution in [0.15, 0.2) is 30.3 Å². The van der Waals surface area contributed by atoms with E-state index in [1.54, 1.807) is 0 Å². The monoisotopic (exact) mass is 263 g/mol. The van der Waals surface area contributed by atoms with Gasteiger partial charge in [-0.1, -0.05) is 44.2 Å². The molecule has 3 heteroatoms. The number of carboxylic acids is 1. The topological polar surface area (TPSA) is 40.5 Å². The van der Waals surface area contributed by atoms with Gasteiger partial charge in [-0.3, -0.25) is 9.69 Å². The van der Waals surface area contributed by atoms with E-state index in [9.17, 15) is 9.90 Å². The van der Waals surface area contributed by atoms with Crippen molar-refractivity contribution in [3.05, 3.63) is 35.9 Å². The maximum absolute atomic E-state index is 11.5. The second kappa shape index (κ2) is 8.70. The van der Waals surface area contributed by atoms with Crippen LogP contribution in [-0.4, -0.2) is 35.1 Å². The summed E-state index contributed by atoms with van der Waals surface area (Å²) in [7, 11) is 0. The summed E-state index contributed by atoms with van der Waals surface area (Å²) in [5.74, 6) is -0.696. The van der Waals surface area contributed by atoms with Gasteiger partial charge in [0.15, 0.2) is 0 Å². The van der Waals surface area contributed by atoms with E-state index >= 15 is 0 Å². The number of benzene rings is 1. The van der Waals surface area contributed by atoms with Gasteiger partial charge < -0.3 is 5.11 Å². The van der Waals surface area contributed by atoms with Gasteiger partial charge in [0.05, 0.1) is 0 Å². The number of aliphatic carboxylic acids is 1. The lowest BCUT2D eigenvalue weighted by Gasteiger charge is -2.28. The molecule has 0 aliphatic carbocycles. The third-order valence-corrected chi connectivity index (χ3v) is 3.30. The Bertz CT molecular complexity index is 358. The van der Waals surface area contributed by atoms with Crippen LogP contribution in [0.4, 0.5) is 0 Å². The lowest BCUT2D eigenvalue weighted by Crippen LogP contribution is -2.42. The average Bonchev–Trinajstić information content (AvgIpc) is 2.40. The van der Waals surface area contributed by atoms with Gasteiger partial charge in [0.2, 0.25) is 0 Å². The molecule has 0 saturated heterocycles. The van der Waals surface area contributed by atoms with Gasteiger partial charge in [-0.2, -0.15) is 0 Å². The molecule has 0 amide bonds. The Morgan fingerprint density at radius 2 is 1.74 bits per heavy atom. The Morgan fingerprint density at radius 3 is 2.21 bits per heavy atom. The first-order chi connectivity index (χ1) is 9.19. The van der Waals surface area contributed by atoms with Gasteiger partial charge in [0, 0.05) is 0 Å². The van der Waals surface area contributed by atoms with Gasteiger partial charge in [0.25, 0.3) is 0 Å². The molecule has 1 aromatic rings. The zero-order valence-electron chi connectivity index (χ0n) is 12.0. The van der Waals surface area contributed by atoms with Crippen LogP contribution in [0.3, 0.4) is 0 Å². The fraction of sp³-hybridized carbons (Fsp3) is 0.562. The van der Waals surface area contributed by atoms with Crippen LogP contribution >= 0.6 is 0 Å². The molecule has 3 nitrogen and oxygen atoms in total. The zero-order chi connectivity index (χ0) is 14.1. The van der Waals surface area contributed by atoms with Crippen molar-refractivity contribution in [2.45, 2.75) is 45.6 Å². The number of hydrogen-bond donors (Lipinski definition) is 1. The first-order valence-electron chi connectivity index (χ1n) is 7.19. The summed E-state index contributed by atoms with van der Waals surface area (Å²) in [5, 5.41) is 9.43. The summed E-state index contributed by atoms with van der Waals surface area (Å²) < 4.78 is 0. The van der Waals surface area contributed by atoms with Gasteiger partial charge in [-0.15, -0.1) is 0 Å². The number of aryl methyl sites for hydroxylation is 1. The molecule has 1 aromatic carbocycles. The number of carbonyl (C=O) groups is 1. The summed E-state index contributed by atoms with van der Waals surface area (Å²) >= 11 is 0. The Balaban J connectivity index is 2.63. The number of nitrogens with zero attached hydrogens (tertiary/aromatic N) is 1. The molecule has 0 fully saturated rings. The van der Waals surface area contributed by atoms with Crippen LogP contribution in [0.2, 0.25) is 0 Å². The fourth-order valence-electron chi connectivity index (χ4n) is 2.41. The highest BCUT2D eigenvalue weighted by molar-refractivity contribution is 5.73. The second-order valence-corrected chi connectivity index (χ2v) is 4.91. The molecule has 106 valence electrons. The first kappa shape index (κ1) is 15.7. The summed E-state index contributed by atoms with van der Waals surface area (Å²) in [6.07, 6.45) is 3.49. The highest BCUT2D eigenvalue weighted by Gasteiger charge is 2.23. The van der Waals surface area contributed by atoms with Crippen LogP contribution < -0.4 is 0 Å². The molecule has 1 N–H and O–H groups in total. The maximum atomic E-state index is 11.5. The van der Waals surface area contributed by atoms with Crippen molar-refractivity contribution < 1.29 is 9.90 Å². The van der Waals surface area contributed by atoms with Gasteiger partial charge in [-0.25, -0.2) is 0 Å². The molecule has 0 aromatic heterocycles. The molecule has 1 atom stereocenters. The SMILES string of the molecule is CCCN(CCC)C(CCc1ccccc1)C(=O)O. The lowest BCUT2D eigenvalue weighted by molar-refractivity contribution is -0.143. The van der Waals surface area contributed by atoms with Crippen molar-refractivity contribution in [3.63, 3.8) is 0 Å². The second-order valence-electron chi connectivity index (χ2n) is 4.91. The molecule has 0 bridgehead atoms. The van der Waals surface area contributed by atoms with E-state index in [0.717, 1.165) is 32.4 Å². The summed E-state index contributed by atoms with van der Waals surface area (Å²) in [6.45, 7) is 5.91. The van der Waals surface area contributed by atoms with Crippen LogP contribution in [0.5, 0.6) is 0 Å². The standard InChI is InChI=1S/C16H25NO2/c1-3-12-17(13-4-2)15(16(18)19)11-10-14-8-6-5-7-9-14/h5-9,15H,3-4,10-13H2,1-2H3,(H,18,19). The summed E-state index contributed by atoms with van der Waals surface area (Å²) in [6, 6.07) is 9.74. The van der Waals surface area contributed by atoms with Crippen LogP contribution in [0.25, 0.3) is 0 Å². The summed E-state index contributed by atoms with van der Waals surface area (Å²) in [5.41, 5.74) is 1.21. The van der Waals surface area contributed by atoms with E-state index in [-0.39, 0.29) is 6.04 Å². The normalized spacial score (nSPS) is 12.6. The van der Waals surface area contributed by atoms with E-state index in [1.807, 2.05) is 18.2 Å². The van der Waals surface area contributed by atoms with E-state index in [0.29, 0.717) is 6.42 Å². The average molecular weight is 263 g/mol. The van der Waals surface area contributed by atoms with Crippen molar-refractivity contribution in [1.82, 2.24) is 4.90 Å². The van der Waals surface area contributed by atoms with Gasteiger partial charge in [0.1, 0.15) is 6.04 Å². The lowest BCUT2D eigenvalue weighted by atomic mass is 10.0. The Morgan fingerprint density at radius 1 is 1.16 bits per heavy atom. The largest absolute Gasteiger partial charge is 0.480 e. The van der Waals surface area contributed by atoms with E-state index in [2.05, 4.69) is 30.9 Å². The van der Waals surface area contributed by atoms with E-state index in [4.69, 9.17) is 0 Å². The fourth-order valence-corrected chi connectivity index (χ4v) is 2.41. The third kappa shape index (κ3) is 5.43. The van der Waals surface area contributed by atoms with E-state index < -0.39 is 5.97 Å². The van der Waals surface area contributed by atoms with Gasteiger partial charge in [-0.05, 0) is 44.3 Å². The quantitative estimate of drug-likeness (QED) is 0.744. The van der Waals surface area contributed by atoms with Crippen LogP contribution in [0, 0.1) is 0 Å². The molecule has 0 aliphatic rings. The minimum Gasteiger partial charge on any atom is -0.480 e. The number of rotatable bonds is 9. The molecule has 0 saturated carbocycles. The summed E-state index contributed by atoms with van der Waals surface area (Å²) in [4.78, 5) is 13.6.